The molecule has 0 spiro atoms. The largest absolute Gasteiger partial charge is 0.330 e. The molecule has 0 amide bonds. The fraction of sp³-hybridized carbons (Fsp3) is 1.00. The minimum Gasteiger partial charge on any atom is -0.330 e. The Morgan fingerprint density at radius 3 is 2.07 bits per heavy atom. The van der Waals surface area contributed by atoms with Gasteiger partial charge < -0.3 is 5.73 Å². The molecule has 0 aromatic rings. The molecule has 0 saturated heterocycles. The first-order chi connectivity index (χ1) is 6.85. The van der Waals surface area contributed by atoms with Crippen molar-refractivity contribution in [2.75, 3.05) is 6.54 Å². The fourth-order valence-corrected chi connectivity index (χ4v) is 1.98. The Morgan fingerprint density at radius 1 is 0.857 bits per heavy atom. The molecule has 1 atom stereocenters. The van der Waals surface area contributed by atoms with E-state index in [2.05, 4.69) is 13.8 Å². The molecule has 0 aliphatic carbocycles. The summed E-state index contributed by atoms with van der Waals surface area (Å²) in [7, 11) is 0. The SMILES string of the molecule is CCCCC(CC)CCCCCCN. The van der Waals surface area contributed by atoms with Crippen LogP contribution in [0.2, 0.25) is 0 Å². The summed E-state index contributed by atoms with van der Waals surface area (Å²) in [6.07, 6.45) is 12.4. The average molecular weight is 199 g/mol. The molecule has 86 valence electrons. The number of nitrogens with two attached hydrogens (primary N) is 1. The zero-order chi connectivity index (χ0) is 10.6. The monoisotopic (exact) mass is 199 g/mol. The zero-order valence-corrected chi connectivity index (χ0v) is 10.2. The standard InChI is InChI=1S/C13H29N/c1-3-5-10-13(4-2)11-8-6-7-9-12-14/h13H,3-12,14H2,1-2H3. The maximum atomic E-state index is 5.46. The third kappa shape index (κ3) is 8.55. The van der Waals surface area contributed by atoms with Gasteiger partial charge in [-0.05, 0) is 18.9 Å². The molecule has 0 fully saturated rings. The van der Waals surface area contributed by atoms with Gasteiger partial charge in [-0.1, -0.05) is 65.2 Å². The molecule has 0 radical (unpaired) electrons. The van der Waals surface area contributed by atoms with Crippen LogP contribution in [0.25, 0.3) is 0 Å². The topological polar surface area (TPSA) is 26.0 Å². The molecule has 0 aliphatic rings. The maximum absolute atomic E-state index is 5.46. The number of unbranched alkanes of at least 4 members (excludes halogenated alkanes) is 4. The van der Waals surface area contributed by atoms with Gasteiger partial charge in [0.1, 0.15) is 0 Å². The van der Waals surface area contributed by atoms with Gasteiger partial charge in [0.15, 0.2) is 0 Å². The summed E-state index contributed by atoms with van der Waals surface area (Å²) < 4.78 is 0. The summed E-state index contributed by atoms with van der Waals surface area (Å²) in [4.78, 5) is 0. The van der Waals surface area contributed by atoms with Crippen LogP contribution in [-0.2, 0) is 0 Å². The molecule has 2 N–H and O–H groups in total. The Labute approximate surface area is 90.5 Å². The van der Waals surface area contributed by atoms with Gasteiger partial charge in [-0.25, -0.2) is 0 Å². The zero-order valence-electron chi connectivity index (χ0n) is 10.2. The van der Waals surface area contributed by atoms with Gasteiger partial charge in [0.25, 0.3) is 0 Å². The van der Waals surface area contributed by atoms with Crippen LogP contribution in [-0.4, -0.2) is 6.54 Å². The molecular formula is C13H29N. The Bertz CT molecular complexity index is 101. The smallest absolute Gasteiger partial charge is 0.00773 e. The molecule has 0 bridgehead atoms. The summed E-state index contributed by atoms with van der Waals surface area (Å²) in [6.45, 7) is 5.49. The highest BCUT2D eigenvalue weighted by Gasteiger charge is 2.04. The summed E-state index contributed by atoms with van der Waals surface area (Å²) in [5.41, 5.74) is 5.46. The van der Waals surface area contributed by atoms with Crippen molar-refractivity contribution < 1.29 is 0 Å². The Balaban J connectivity index is 3.24. The lowest BCUT2D eigenvalue weighted by atomic mass is 9.93. The molecule has 0 aromatic carbocycles. The molecule has 0 aliphatic heterocycles. The van der Waals surface area contributed by atoms with Gasteiger partial charge in [-0.2, -0.15) is 0 Å². The summed E-state index contributed by atoms with van der Waals surface area (Å²) in [5, 5.41) is 0. The first-order valence-corrected chi connectivity index (χ1v) is 6.55. The second-order valence-corrected chi connectivity index (χ2v) is 4.41. The van der Waals surface area contributed by atoms with Crippen LogP contribution in [0.5, 0.6) is 0 Å². The van der Waals surface area contributed by atoms with E-state index in [1.807, 2.05) is 0 Å². The number of hydrogen-bond donors (Lipinski definition) is 1. The van der Waals surface area contributed by atoms with E-state index in [4.69, 9.17) is 5.73 Å². The lowest BCUT2D eigenvalue weighted by molar-refractivity contribution is 0.401. The fourth-order valence-electron chi connectivity index (χ4n) is 1.98. The molecule has 1 unspecified atom stereocenters. The molecule has 0 aromatic heterocycles. The molecule has 1 nitrogen and oxygen atoms in total. The van der Waals surface area contributed by atoms with Gasteiger partial charge >= 0.3 is 0 Å². The van der Waals surface area contributed by atoms with E-state index in [1.165, 1.54) is 57.8 Å². The lowest BCUT2D eigenvalue weighted by Gasteiger charge is -2.13. The van der Waals surface area contributed by atoms with E-state index < -0.39 is 0 Å². The van der Waals surface area contributed by atoms with E-state index in [9.17, 15) is 0 Å². The van der Waals surface area contributed by atoms with E-state index in [1.54, 1.807) is 0 Å². The predicted octanol–water partition coefficient (Wildman–Crippen LogP) is 4.11. The summed E-state index contributed by atoms with van der Waals surface area (Å²) in [6, 6.07) is 0. The third-order valence-corrected chi connectivity index (χ3v) is 3.11. The Kier molecular flexibility index (Phi) is 11.0. The van der Waals surface area contributed by atoms with Crippen molar-refractivity contribution in [3.05, 3.63) is 0 Å². The van der Waals surface area contributed by atoms with Crippen LogP contribution < -0.4 is 5.73 Å². The lowest BCUT2D eigenvalue weighted by Crippen LogP contribution is -2.00. The molecule has 1 heteroatoms. The van der Waals surface area contributed by atoms with E-state index in [0.29, 0.717) is 0 Å². The third-order valence-electron chi connectivity index (χ3n) is 3.11. The quantitative estimate of drug-likeness (QED) is 0.526. The highest BCUT2D eigenvalue weighted by atomic mass is 14.5. The van der Waals surface area contributed by atoms with Crippen molar-refractivity contribution in [1.29, 1.82) is 0 Å². The van der Waals surface area contributed by atoms with E-state index in [-0.39, 0.29) is 0 Å². The van der Waals surface area contributed by atoms with Crippen LogP contribution in [0.1, 0.15) is 71.6 Å². The minimum absolute atomic E-state index is 0.868. The minimum atomic E-state index is 0.868. The predicted molar refractivity (Wildman–Crippen MR) is 65.4 cm³/mol. The first kappa shape index (κ1) is 14.0. The van der Waals surface area contributed by atoms with Gasteiger partial charge in [-0.15, -0.1) is 0 Å². The van der Waals surface area contributed by atoms with Crippen molar-refractivity contribution in [3.8, 4) is 0 Å². The van der Waals surface area contributed by atoms with Crippen LogP contribution in [0.15, 0.2) is 0 Å². The normalized spacial score (nSPS) is 13.1. The number of rotatable bonds is 10. The highest BCUT2D eigenvalue weighted by Crippen LogP contribution is 2.19. The van der Waals surface area contributed by atoms with Crippen molar-refractivity contribution in [2.24, 2.45) is 11.7 Å². The Hall–Kier alpha value is -0.0400. The van der Waals surface area contributed by atoms with E-state index >= 15 is 0 Å². The van der Waals surface area contributed by atoms with Gasteiger partial charge in [0.2, 0.25) is 0 Å². The van der Waals surface area contributed by atoms with E-state index in [0.717, 1.165) is 12.5 Å². The first-order valence-electron chi connectivity index (χ1n) is 6.55. The highest BCUT2D eigenvalue weighted by molar-refractivity contribution is 4.58. The Morgan fingerprint density at radius 2 is 1.50 bits per heavy atom. The average Bonchev–Trinajstić information content (AvgIpc) is 2.22. The van der Waals surface area contributed by atoms with Crippen molar-refractivity contribution in [1.82, 2.24) is 0 Å². The second-order valence-electron chi connectivity index (χ2n) is 4.41. The van der Waals surface area contributed by atoms with Crippen LogP contribution in [0, 0.1) is 5.92 Å². The molecule has 0 rings (SSSR count). The van der Waals surface area contributed by atoms with Gasteiger partial charge in [0.05, 0.1) is 0 Å². The van der Waals surface area contributed by atoms with Crippen molar-refractivity contribution in [2.45, 2.75) is 71.6 Å². The molecular weight excluding hydrogens is 170 g/mol. The molecule has 0 heterocycles. The summed E-state index contributed by atoms with van der Waals surface area (Å²) in [5.74, 6) is 0.993. The van der Waals surface area contributed by atoms with Crippen LogP contribution in [0.4, 0.5) is 0 Å². The summed E-state index contributed by atoms with van der Waals surface area (Å²) >= 11 is 0. The van der Waals surface area contributed by atoms with Crippen molar-refractivity contribution >= 4 is 0 Å². The second kappa shape index (κ2) is 11.0. The maximum Gasteiger partial charge on any atom is -0.00773 e. The number of hydrogen-bond acceptors (Lipinski definition) is 1. The molecule has 14 heavy (non-hydrogen) atoms. The van der Waals surface area contributed by atoms with Crippen LogP contribution in [0.3, 0.4) is 0 Å². The molecule has 0 saturated carbocycles. The van der Waals surface area contributed by atoms with Gasteiger partial charge in [-0.3, -0.25) is 0 Å². The van der Waals surface area contributed by atoms with Gasteiger partial charge in [0, 0.05) is 0 Å². The van der Waals surface area contributed by atoms with Crippen molar-refractivity contribution in [3.63, 3.8) is 0 Å². The van der Waals surface area contributed by atoms with Crippen LogP contribution >= 0.6 is 0 Å².